The first-order valence-electron chi connectivity index (χ1n) is 10.1. The monoisotopic (exact) mass is 406 g/mol. The average molecular weight is 406 g/mol. The maximum atomic E-state index is 11.7. The maximum absolute atomic E-state index is 11.7. The van der Waals surface area contributed by atoms with Crippen molar-refractivity contribution in [3.63, 3.8) is 0 Å². The van der Waals surface area contributed by atoms with Crippen LogP contribution in [-0.2, 0) is 9.59 Å². The van der Waals surface area contributed by atoms with E-state index < -0.39 is 11.8 Å². The fourth-order valence-electron chi connectivity index (χ4n) is 3.41. The van der Waals surface area contributed by atoms with E-state index in [1.165, 1.54) is 0 Å². The van der Waals surface area contributed by atoms with Gasteiger partial charge >= 0.3 is 11.8 Å². The third-order valence-corrected chi connectivity index (χ3v) is 5.04. The second kappa shape index (κ2) is 10.4. The third kappa shape index (κ3) is 5.77. The Labute approximate surface area is 176 Å². The summed E-state index contributed by atoms with van der Waals surface area (Å²) in [5.74, 6) is 5.42. The number of primary amides is 1. The molecule has 1 unspecified atom stereocenters. The van der Waals surface area contributed by atoms with E-state index >= 15 is 0 Å². The second-order valence-corrected chi connectivity index (χ2v) is 7.20. The predicted octanol–water partition coefficient (Wildman–Crippen LogP) is 2.75. The zero-order valence-corrected chi connectivity index (χ0v) is 17.0. The molecule has 1 aliphatic rings. The number of nitrogens with one attached hydrogen (secondary N) is 1. The number of ether oxygens (including phenoxy) is 2. The Morgan fingerprint density at radius 1 is 1.13 bits per heavy atom. The Morgan fingerprint density at radius 2 is 1.87 bits per heavy atom. The molecule has 1 fully saturated rings. The summed E-state index contributed by atoms with van der Waals surface area (Å²) in [5, 5.41) is 2.55. The van der Waals surface area contributed by atoms with E-state index in [2.05, 4.69) is 17.2 Å². The Hall–Kier alpha value is -3.46. The minimum absolute atomic E-state index is 0.150. The lowest BCUT2D eigenvalue weighted by molar-refractivity contribution is -0.137. The number of benzene rings is 2. The van der Waals surface area contributed by atoms with E-state index in [1.807, 2.05) is 48.5 Å². The minimum Gasteiger partial charge on any atom is -0.493 e. The molecule has 0 aromatic heterocycles. The first-order chi connectivity index (χ1) is 14.6. The van der Waals surface area contributed by atoms with Crippen molar-refractivity contribution in [3.05, 3.63) is 59.7 Å². The summed E-state index contributed by atoms with van der Waals surface area (Å²) in [6, 6.07) is 15.2. The normalized spacial score (nSPS) is 14.3. The quantitative estimate of drug-likeness (QED) is 0.570. The first-order valence-corrected chi connectivity index (χ1v) is 10.1. The molecule has 156 valence electrons. The molecule has 3 rings (SSSR count). The van der Waals surface area contributed by atoms with Gasteiger partial charge in [-0.2, -0.15) is 0 Å². The molecule has 1 saturated carbocycles. The van der Waals surface area contributed by atoms with Gasteiger partial charge in [0, 0.05) is 12.1 Å². The highest BCUT2D eigenvalue weighted by atomic mass is 16.5. The largest absolute Gasteiger partial charge is 0.493 e. The van der Waals surface area contributed by atoms with Gasteiger partial charge in [-0.15, -0.1) is 0 Å². The minimum atomic E-state index is -1.02. The first kappa shape index (κ1) is 21.3. The topological polar surface area (TPSA) is 90.6 Å². The van der Waals surface area contributed by atoms with Gasteiger partial charge in [0.15, 0.2) is 11.5 Å². The summed E-state index contributed by atoms with van der Waals surface area (Å²) < 4.78 is 11.6. The van der Waals surface area contributed by atoms with E-state index in [0.717, 1.165) is 36.8 Å². The second-order valence-electron chi connectivity index (χ2n) is 7.20. The highest BCUT2D eigenvalue weighted by Crippen LogP contribution is 2.34. The summed E-state index contributed by atoms with van der Waals surface area (Å²) in [7, 11) is 1.61. The van der Waals surface area contributed by atoms with Crippen molar-refractivity contribution in [2.75, 3.05) is 13.7 Å². The fourth-order valence-corrected chi connectivity index (χ4v) is 3.41. The van der Waals surface area contributed by atoms with Crippen molar-refractivity contribution in [2.24, 2.45) is 5.73 Å². The van der Waals surface area contributed by atoms with Gasteiger partial charge in [-0.3, -0.25) is 9.59 Å². The molecule has 0 radical (unpaired) electrons. The molecule has 1 atom stereocenters. The van der Waals surface area contributed by atoms with Crippen LogP contribution < -0.4 is 20.5 Å². The fraction of sp³-hybridized carbons (Fsp3) is 0.333. The number of methoxy groups -OCH3 is 1. The lowest BCUT2D eigenvalue weighted by Gasteiger charge is -2.19. The smallest absolute Gasteiger partial charge is 0.309 e. The van der Waals surface area contributed by atoms with Crippen LogP contribution in [0.1, 0.15) is 42.7 Å². The van der Waals surface area contributed by atoms with Crippen molar-refractivity contribution < 1.29 is 19.1 Å². The molecule has 2 amide bonds. The summed E-state index contributed by atoms with van der Waals surface area (Å²) in [4.78, 5) is 22.8. The van der Waals surface area contributed by atoms with Crippen LogP contribution in [0.3, 0.4) is 0 Å². The summed E-state index contributed by atoms with van der Waals surface area (Å²) in [5.41, 5.74) is 6.77. The molecule has 2 aromatic carbocycles. The lowest BCUT2D eigenvalue weighted by atomic mass is 9.98. The van der Waals surface area contributed by atoms with E-state index in [0.29, 0.717) is 11.5 Å². The van der Waals surface area contributed by atoms with Crippen LogP contribution in [0.15, 0.2) is 48.5 Å². The van der Waals surface area contributed by atoms with E-state index in [-0.39, 0.29) is 18.6 Å². The van der Waals surface area contributed by atoms with Crippen LogP contribution in [-0.4, -0.2) is 31.6 Å². The molecular formula is C24H26N2O4. The van der Waals surface area contributed by atoms with Crippen LogP contribution in [0.4, 0.5) is 0 Å². The van der Waals surface area contributed by atoms with Gasteiger partial charge in [-0.1, -0.05) is 36.1 Å². The van der Waals surface area contributed by atoms with Gasteiger partial charge in [0.05, 0.1) is 19.1 Å². The number of rotatable bonds is 6. The lowest BCUT2D eigenvalue weighted by Crippen LogP contribution is -2.38. The molecule has 0 saturated heterocycles. The van der Waals surface area contributed by atoms with Crippen molar-refractivity contribution >= 4 is 11.8 Å². The van der Waals surface area contributed by atoms with Gasteiger partial charge in [-0.05, 0) is 55.5 Å². The number of carbonyl (C=O) groups excluding carboxylic acids is 2. The molecule has 0 bridgehead atoms. The Bertz CT molecular complexity index is 941. The molecule has 30 heavy (non-hydrogen) atoms. The van der Waals surface area contributed by atoms with Gasteiger partial charge in [0.2, 0.25) is 0 Å². The highest BCUT2D eigenvalue weighted by Gasteiger charge is 2.20. The van der Waals surface area contributed by atoms with Crippen LogP contribution in [0, 0.1) is 11.8 Å². The summed E-state index contributed by atoms with van der Waals surface area (Å²) in [6.45, 7) is 0.150. The van der Waals surface area contributed by atoms with Crippen molar-refractivity contribution in [3.8, 4) is 23.3 Å². The Balaban J connectivity index is 1.88. The summed E-state index contributed by atoms with van der Waals surface area (Å²) >= 11 is 0. The number of hydrogen-bond acceptors (Lipinski definition) is 4. The van der Waals surface area contributed by atoms with Gasteiger partial charge in [0.25, 0.3) is 0 Å². The highest BCUT2D eigenvalue weighted by molar-refractivity contribution is 6.34. The zero-order chi connectivity index (χ0) is 21.3. The van der Waals surface area contributed by atoms with Crippen molar-refractivity contribution in [2.45, 2.75) is 37.7 Å². The van der Waals surface area contributed by atoms with Crippen LogP contribution in [0.25, 0.3) is 0 Å². The molecule has 6 heteroatoms. The zero-order valence-electron chi connectivity index (χ0n) is 17.0. The van der Waals surface area contributed by atoms with Crippen molar-refractivity contribution in [1.29, 1.82) is 0 Å². The summed E-state index contributed by atoms with van der Waals surface area (Å²) in [6.07, 6.45) is 4.56. The molecule has 2 aromatic rings. The van der Waals surface area contributed by atoms with Gasteiger partial charge < -0.3 is 20.5 Å². The molecule has 1 aliphatic carbocycles. The van der Waals surface area contributed by atoms with E-state index in [4.69, 9.17) is 15.2 Å². The van der Waals surface area contributed by atoms with Crippen LogP contribution >= 0.6 is 0 Å². The van der Waals surface area contributed by atoms with E-state index in [1.54, 1.807) is 7.11 Å². The van der Waals surface area contributed by atoms with Gasteiger partial charge in [-0.25, -0.2) is 0 Å². The third-order valence-electron chi connectivity index (χ3n) is 5.04. The maximum Gasteiger partial charge on any atom is 0.309 e. The Morgan fingerprint density at radius 3 is 2.53 bits per heavy atom. The standard InChI is InChI=1S/C24H26N2O4/c1-29-21-14-13-18(15-22(21)30-20-9-5-6-10-20)19(16-26-24(28)23(25)27)12-11-17-7-3-2-4-8-17/h2-4,7-8,13-15,19-20H,5-6,9-10,16H2,1H3,(H2,25,27)(H,26,28). The molecule has 0 spiro atoms. The van der Waals surface area contributed by atoms with Crippen molar-refractivity contribution in [1.82, 2.24) is 5.32 Å². The number of nitrogens with two attached hydrogens (primary N) is 1. The van der Waals surface area contributed by atoms with E-state index in [9.17, 15) is 9.59 Å². The SMILES string of the molecule is COc1ccc(C(C#Cc2ccccc2)CNC(=O)C(N)=O)cc1OC1CCCC1. The number of amides is 2. The molecule has 6 nitrogen and oxygen atoms in total. The molecule has 3 N–H and O–H groups in total. The Kier molecular flexibility index (Phi) is 7.34. The average Bonchev–Trinajstić information content (AvgIpc) is 3.27. The van der Waals surface area contributed by atoms with Crippen LogP contribution in [0.2, 0.25) is 0 Å². The van der Waals surface area contributed by atoms with Gasteiger partial charge in [0.1, 0.15) is 0 Å². The molecule has 0 heterocycles. The predicted molar refractivity (Wildman–Crippen MR) is 114 cm³/mol. The van der Waals surface area contributed by atoms with Crippen LogP contribution in [0.5, 0.6) is 11.5 Å². The number of carbonyl (C=O) groups is 2. The molecular weight excluding hydrogens is 380 g/mol. The number of hydrogen-bond donors (Lipinski definition) is 2. The molecule has 0 aliphatic heterocycles.